The van der Waals surface area contributed by atoms with Crippen LogP contribution in [0.4, 0.5) is 5.69 Å². The number of nitrogens with one attached hydrogen (secondary N) is 1. The van der Waals surface area contributed by atoms with Crippen LogP contribution in [0.15, 0.2) is 81.3 Å². The Labute approximate surface area is 197 Å². The summed E-state index contributed by atoms with van der Waals surface area (Å²) in [5.74, 6) is -0.169. The molecule has 4 rings (SSSR count). The average Bonchev–Trinajstić information content (AvgIpc) is 3.13. The Morgan fingerprint density at radius 3 is 2.12 bits per heavy atom. The summed E-state index contributed by atoms with van der Waals surface area (Å²) in [6.45, 7) is 4.43. The van der Waals surface area contributed by atoms with Crippen molar-refractivity contribution in [3.8, 4) is 5.75 Å². The summed E-state index contributed by atoms with van der Waals surface area (Å²) in [4.78, 5) is 26.1. The summed E-state index contributed by atoms with van der Waals surface area (Å²) < 4.78 is 35.6. The minimum Gasteiger partial charge on any atom is -0.496 e. The summed E-state index contributed by atoms with van der Waals surface area (Å²) in [5, 5.41) is 2.74. The van der Waals surface area contributed by atoms with E-state index in [1.165, 1.54) is 29.9 Å². The summed E-state index contributed by atoms with van der Waals surface area (Å²) in [5.41, 5.74) is 1.13. The second kappa shape index (κ2) is 9.18. The van der Waals surface area contributed by atoms with Crippen LogP contribution >= 0.6 is 0 Å². The highest BCUT2D eigenvalue weighted by Crippen LogP contribution is 2.33. The largest absolute Gasteiger partial charge is 0.496 e. The van der Waals surface area contributed by atoms with Gasteiger partial charge in [-0.1, -0.05) is 30.3 Å². The number of hydrogen-bond donors (Lipinski definition) is 1. The van der Waals surface area contributed by atoms with Gasteiger partial charge in [0.05, 0.1) is 39.2 Å². The van der Waals surface area contributed by atoms with Gasteiger partial charge in [0.15, 0.2) is 0 Å². The van der Waals surface area contributed by atoms with Crippen molar-refractivity contribution in [2.45, 2.75) is 36.7 Å². The number of nitrogens with zero attached hydrogens (tertiary/aromatic N) is 2. The number of aromatic nitrogens is 2. The third-order valence-corrected chi connectivity index (χ3v) is 7.50. The number of rotatable bonds is 7. The van der Waals surface area contributed by atoms with E-state index in [1.54, 1.807) is 53.1 Å². The fraction of sp³-hybridized carbons (Fsp3) is 0.200. The van der Waals surface area contributed by atoms with E-state index in [0.29, 0.717) is 29.9 Å². The Hall–Kier alpha value is -3.85. The molecule has 0 fully saturated rings. The normalized spacial score (nSPS) is 11.5. The van der Waals surface area contributed by atoms with Crippen LogP contribution in [0.25, 0.3) is 11.0 Å². The van der Waals surface area contributed by atoms with E-state index in [9.17, 15) is 18.0 Å². The van der Waals surface area contributed by atoms with E-state index in [2.05, 4.69) is 5.32 Å². The molecule has 0 saturated carbocycles. The number of sulfone groups is 1. The van der Waals surface area contributed by atoms with Gasteiger partial charge in [0.2, 0.25) is 9.84 Å². The molecule has 3 aromatic carbocycles. The highest BCUT2D eigenvalue weighted by atomic mass is 32.2. The van der Waals surface area contributed by atoms with Gasteiger partial charge in [-0.05, 0) is 50.2 Å². The Morgan fingerprint density at radius 1 is 0.912 bits per heavy atom. The highest BCUT2D eigenvalue weighted by Gasteiger charge is 2.26. The third-order valence-electron chi connectivity index (χ3n) is 5.70. The lowest BCUT2D eigenvalue weighted by atomic mass is 10.1. The monoisotopic (exact) mass is 479 g/mol. The number of hydrogen-bond acceptors (Lipinski definition) is 5. The first-order valence-electron chi connectivity index (χ1n) is 10.8. The van der Waals surface area contributed by atoms with Crippen molar-refractivity contribution in [3.63, 3.8) is 0 Å². The zero-order valence-corrected chi connectivity index (χ0v) is 19.9. The molecule has 9 heteroatoms. The van der Waals surface area contributed by atoms with Gasteiger partial charge < -0.3 is 10.1 Å². The van der Waals surface area contributed by atoms with Gasteiger partial charge in [-0.3, -0.25) is 13.9 Å². The summed E-state index contributed by atoms with van der Waals surface area (Å²) >= 11 is 0. The van der Waals surface area contributed by atoms with Gasteiger partial charge in [-0.2, -0.15) is 0 Å². The van der Waals surface area contributed by atoms with Crippen molar-refractivity contribution in [1.82, 2.24) is 9.13 Å². The fourth-order valence-corrected chi connectivity index (χ4v) is 5.46. The van der Waals surface area contributed by atoms with E-state index in [-0.39, 0.29) is 26.7 Å². The van der Waals surface area contributed by atoms with Crippen LogP contribution in [0.1, 0.15) is 24.2 Å². The average molecular weight is 480 g/mol. The first kappa shape index (κ1) is 23.3. The molecule has 1 N–H and O–H groups in total. The third kappa shape index (κ3) is 3.88. The van der Waals surface area contributed by atoms with E-state index in [4.69, 9.17) is 4.74 Å². The van der Waals surface area contributed by atoms with Gasteiger partial charge >= 0.3 is 5.69 Å². The standard InChI is InChI=1S/C25H25N3O5S/c1-4-27-20-15-19(26-24(29)18-13-9-10-14-22(18)33-3)23(16-21(20)28(5-2)25(27)30)34(31,32)17-11-7-6-8-12-17/h6-16H,4-5H2,1-3H3,(H,26,29). The number of imidazole rings is 1. The topological polar surface area (TPSA) is 99.4 Å². The van der Waals surface area contributed by atoms with E-state index in [1.807, 2.05) is 13.8 Å². The molecule has 0 aliphatic heterocycles. The van der Waals surface area contributed by atoms with Crippen molar-refractivity contribution >= 4 is 32.5 Å². The summed E-state index contributed by atoms with van der Waals surface area (Å²) in [6.07, 6.45) is 0. The molecule has 0 aliphatic carbocycles. The maximum absolute atomic E-state index is 13.6. The lowest BCUT2D eigenvalue weighted by molar-refractivity contribution is 0.102. The molecule has 0 atom stereocenters. The number of methoxy groups -OCH3 is 1. The molecule has 0 spiro atoms. The molecule has 0 aliphatic rings. The quantitative estimate of drug-likeness (QED) is 0.433. The maximum atomic E-state index is 13.6. The molecule has 0 saturated heterocycles. The SMILES string of the molecule is CCn1c(=O)n(CC)c2cc(S(=O)(=O)c3ccccc3)c(NC(=O)c3ccccc3OC)cc21. The number of fused-ring (bicyclic) bond motifs is 1. The number of benzene rings is 3. The van der Waals surface area contributed by atoms with Gasteiger partial charge in [0.25, 0.3) is 5.91 Å². The number of carbonyl (C=O) groups is 1. The second-order valence-electron chi connectivity index (χ2n) is 7.58. The molecule has 1 aromatic heterocycles. The first-order valence-corrected chi connectivity index (χ1v) is 12.3. The second-order valence-corrected chi connectivity index (χ2v) is 9.50. The Balaban J connectivity index is 1.98. The molecular weight excluding hydrogens is 454 g/mol. The van der Waals surface area contributed by atoms with E-state index >= 15 is 0 Å². The number of aryl methyl sites for hydroxylation is 2. The van der Waals surface area contributed by atoms with Crippen LogP contribution in [-0.4, -0.2) is 30.6 Å². The number of anilines is 1. The van der Waals surface area contributed by atoms with Crippen LogP contribution in [-0.2, 0) is 22.9 Å². The lowest BCUT2D eigenvalue weighted by Gasteiger charge is -2.15. The van der Waals surface area contributed by atoms with Crippen molar-refractivity contribution in [2.24, 2.45) is 0 Å². The zero-order valence-electron chi connectivity index (χ0n) is 19.1. The van der Waals surface area contributed by atoms with E-state index in [0.717, 1.165) is 0 Å². The molecule has 8 nitrogen and oxygen atoms in total. The van der Waals surface area contributed by atoms with Crippen LogP contribution in [0.5, 0.6) is 5.75 Å². The number of ether oxygens (including phenoxy) is 1. The Bertz CT molecular complexity index is 1540. The fourth-order valence-electron chi connectivity index (χ4n) is 4.02. The van der Waals surface area contributed by atoms with Crippen molar-refractivity contribution in [1.29, 1.82) is 0 Å². The van der Waals surface area contributed by atoms with Crippen LogP contribution < -0.4 is 15.7 Å². The van der Waals surface area contributed by atoms with Crippen molar-refractivity contribution in [2.75, 3.05) is 12.4 Å². The van der Waals surface area contributed by atoms with Crippen LogP contribution in [0, 0.1) is 0 Å². The van der Waals surface area contributed by atoms with E-state index < -0.39 is 15.7 Å². The van der Waals surface area contributed by atoms with Gasteiger partial charge in [0.1, 0.15) is 5.75 Å². The van der Waals surface area contributed by atoms with Crippen molar-refractivity contribution < 1.29 is 17.9 Å². The zero-order chi connectivity index (χ0) is 24.5. The molecule has 4 aromatic rings. The number of carbonyl (C=O) groups excluding carboxylic acids is 1. The van der Waals surface area contributed by atoms with Crippen LogP contribution in [0.2, 0.25) is 0 Å². The molecular formula is C25H25N3O5S. The van der Waals surface area contributed by atoms with Gasteiger partial charge in [0, 0.05) is 13.1 Å². The first-order chi connectivity index (χ1) is 16.3. The van der Waals surface area contributed by atoms with Crippen LogP contribution in [0.3, 0.4) is 0 Å². The molecule has 0 bridgehead atoms. The van der Waals surface area contributed by atoms with Gasteiger partial charge in [-0.25, -0.2) is 13.2 Å². The van der Waals surface area contributed by atoms with Gasteiger partial charge in [-0.15, -0.1) is 0 Å². The summed E-state index contributed by atoms with van der Waals surface area (Å²) in [6, 6.07) is 17.7. The molecule has 1 amide bonds. The highest BCUT2D eigenvalue weighted by molar-refractivity contribution is 7.91. The molecule has 1 heterocycles. The summed E-state index contributed by atoms with van der Waals surface area (Å²) in [7, 11) is -2.56. The molecule has 0 unspecified atom stereocenters. The predicted molar refractivity (Wildman–Crippen MR) is 130 cm³/mol. The molecule has 0 radical (unpaired) electrons. The Kier molecular flexibility index (Phi) is 6.30. The minimum atomic E-state index is -4.01. The predicted octanol–water partition coefficient (Wildman–Crippen LogP) is 3.94. The maximum Gasteiger partial charge on any atom is 0.329 e. The minimum absolute atomic E-state index is 0.0856. The molecule has 34 heavy (non-hydrogen) atoms. The Morgan fingerprint density at radius 2 is 1.50 bits per heavy atom. The molecule has 176 valence electrons. The number of para-hydroxylation sites is 1. The lowest BCUT2D eigenvalue weighted by Crippen LogP contribution is -2.23. The smallest absolute Gasteiger partial charge is 0.329 e. The number of amides is 1. The van der Waals surface area contributed by atoms with Crippen molar-refractivity contribution in [3.05, 3.63) is 82.8 Å².